The third kappa shape index (κ3) is 12.1. The quantitative estimate of drug-likeness (QED) is 0.157. The van der Waals surface area contributed by atoms with Gasteiger partial charge in [0.1, 0.15) is 0 Å². The van der Waals surface area contributed by atoms with Gasteiger partial charge in [-0.15, -0.1) is 0 Å². The Morgan fingerprint density at radius 3 is 1.89 bits per heavy atom. The Balaban J connectivity index is 2.79. The number of aliphatic hydroxyl groups excluding tert-OH is 1. The molecule has 0 bridgehead atoms. The van der Waals surface area contributed by atoms with Gasteiger partial charge in [-0.1, -0.05) is 81.3 Å². The predicted molar refractivity (Wildman–Crippen MR) is 172 cm³/mol. The summed E-state index contributed by atoms with van der Waals surface area (Å²) in [6.07, 6.45) is 1.87. The highest BCUT2D eigenvalue weighted by Gasteiger charge is 2.40. The topological polar surface area (TPSA) is 67.8 Å². The molecule has 0 fully saturated rings. The fourth-order valence-electron chi connectivity index (χ4n) is 3.01. The Hall–Kier alpha value is -0.296. The Morgan fingerprint density at radius 1 is 0.921 bits per heavy atom. The number of benzene rings is 1. The molecule has 38 heavy (non-hydrogen) atoms. The highest BCUT2D eigenvalue weighted by molar-refractivity contribution is 8.77. The van der Waals surface area contributed by atoms with Gasteiger partial charge in [-0.05, 0) is 74.6 Å². The van der Waals surface area contributed by atoms with E-state index in [-0.39, 0.29) is 33.4 Å². The van der Waals surface area contributed by atoms with Gasteiger partial charge in [0.05, 0.1) is 19.3 Å². The van der Waals surface area contributed by atoms with Gasteiger partial charge in [-0.2, -0.15) is 0 Å². The molecule has 0 spiro atoms. The van der Waals surface area contributed by atoms with E-state index in [1.54, 1.807) is 21.6 Å². The Bertz CT molecular complexity index is 850. The lowest BCUT2D eigenvalue weighted by molar-refractivity contribution is -0.122. The van der Waals surface area contributed by atoms with Crippen LogP contribution in [0.3, 0.4) is 0 Å². The molecule has 0 aromatic heterocycles. The first-order chi connectivity index (χ1) is 17.2. The zero-order valence-corrected chi connectivity index (χ0v) is 29.8. The van der Waals surface area contributed by atoms with Crippen molar-refractivity contribution in [2.45, 2.75) is 127 Å². The van der Waals surface area contributed by atoms with E-state index < -0.39 is 16.6 Å². The summed E-state index contributed by atoms with van der Waals surface area (Å²) in [4.78, 5) is 14.3. The molecule has 2 N–H and O–H groups in total. The minimum Gasteiger partial charge on any atom is -0.415 e. The summed E-state index contributed by atoms with van der Waals surface area (Å²) in [5, 5.41) is 12.8. The summed E-state index contributed by atoms with van der Waals surface area (Å²) in [5.74, 6) is 0.0482. The van der Waals surface area contributed by atoms with Crippen LogP contribution < -0.4 is 5.32 Å². The van der Waals surface area contributed by atoms with Gasteiger partial charge in [0.15, 0.2) is 16.6 Å². The standard InChI is InChI=1S/C29H55NO4S2Si2/c1-27(2,3)37(9,10)33-21-24(22-34-38(11,12)28(4,5)6)30-26(32)17-19-29(7,8)36-35-25-16-14-13-15-23(25)18-20-31/h13-16,24,31H,17-22H2,1-12H3,(H,30,32). The molecule has 0 unspecified atom stereocenters. The van der Waals surface area contributed by atoms with E-state index in [1.165, 1.54) is 4.90 Å². The number of carbonyl (C=O) groups excluding carboxylic acids is 1. The average Bonchev–Trinajstić information content (AvgIpc) is 2.78. The average molecular weight is 602 g/mol. The highest BCUT2D eigenvalue weighted by atomic mass is 33.1. The molecule has 0 aliphatic heterocycles. The van der Waals surface area contributed by atoms with Gasteiger partial charge < -0.3 is 19.3 Å². The van der Waals surface area contributed by atoms with E-state index in [4.69, 9.17) is 8.85 Å². The van der Waals surface area contributed by atoms with Gasteiger partial charge in [-0.3, -0.25) is 4.79 Å². The molecule has 0 aliphatic carbocycles. The van der Waals surface area contributed by atoms with Crippen LogP contribution in [0, 0.1) is 0 Å². The smallest absolute Gasteiger partial charge is 0.220 e. The predicted octanol–water partition coefficient (Wildman–Crippen LogP) is 8.05. The number of aliphatic hydroxyl groups is 1. The largest absolute Gasteiger partial charge is 0.415 e. The number of carbonyl (C=O) groups is 1. The van der Waals surface area contributed by atoms with Crippen molar-refractivity contribution in [1.82, 2.24) is 5.32 Å². The molecule has 5 nitrogen and oxygen atoms in total. The lowest BCUT2D eigenvalue weighted by atomic mass is 10.1. The van der Waals surface area contributed by atoms with Crippen molar-refractivity contribution in [3.63, 3.8) is 0 Å². The molecule has 1 rings (SSSR count). The van der Waals surface area contributed by atoms with Crippen LogP contribution in [0.1, 0.15) is 73.8 Å². The zero-order chi connectivity index (χ0) is 29.4. The second kappa shape index (κ2) is 14.6. The van der Waals surface area contributed by atoms with Crippen molar-refractivity contribution >= 4 is 44.1 Å². The van der Waals surface area contributed by atoms with Crippen molar-refractivity contribution in [3.8, 4) is 0 Å². The van der Waals surface area contributed by atoms with Gasteiger partial charge >= 0.3 is 0 Å². The van der Waals surface area contributed by atoms with Gasteiger partial charge in [0.2, 0.25) is 5.91 Å². The maximum absolute atomic E-state index is 13.1. The van der Waals surface area contributed by atoms with Crippen molar-refractivity contribution < 1.29 is 18.8 Å². The Labute approximate surface area is 243 Å². The maximum atomic E-state index is 13.1. The van der Waals surface area contributed by atoms with Crippen molar-refractivity contribution in [3.05, 3.63) is 29.8 Å². The highest BCUT2D eigenvalue weighted by Crippen LogP contribution is 2.44. The van der Waals surface area contributed by atoms with Crippen molar-refractivity contribution in [2.24, 2.45) is 0 Å². The van der Waals surface area contributed by atoms with E-state index in [0.717, 1.165) is 12.0 Å². The fraction of sp³-hybridized carbons (Fsp3) is 0.759. The zero-order valence-electron chi connectivity index (χ0n) is 26.1. The first-order valence-corrected chi connectivity index (χ1v) is 21.8. The summed E-state index contributed by atoms with van der Waals surface area (Å²) in [6, 6.07) is 8.04. The maximum Gasteiger partial charge on any atom is 0.220 e. The molecule has 0 atom stereocenters. The molecule has 0 saturated heterocycles. The molecule has 1 aromatic carbocycles. The molecule has 9 heteroatoms. The van der Waals surface area contributed by atoms with Gasteiger partial charge in [0.25, 0.3) is 0 Å². The molecule has 1 amide bonds. The van der Waals surface area contributed by atoms with E-state index in [9.17, 15) is 9.90 Å². The van der Waals surface area contributed by atoms with E-state index in [0.29, 0.717) is 26.1 Å². The van der Waals surface area contributed by atoms with Crippen LogP contribution in [0.15, 0.2) is 29.2 Å². The summed E-state index contributed by atoms with van der Waals surface area (Å²) in [7, 11) is -0.388. The normalized spacial score (nSPS) is 13.7. The molecular weight excluding hydrogens is 547 g/mol. The first kappa shape index (κ1) is 35.7. The van der Waals surface area contributed by atoms with Crippen LogP contribution in [0.2, 0.25) is 36.3 Å². The molecule has 220 valence electrons. The van der Waals surface area contributed by atoms with Gasteiger partial charge in [-0.25, -0.2) is 0 Å². The molecule has 1 aromatic rings. The molecule has 0 radical (unpaired) electrons. The molecular formula is C29H55NO4S2Si2. The van der Waals surface area contributed by atoms with Crippen LogP contribution in [0.4, 0.5) is 0 Å². The van der Waals surface area contributed by atoms with Crippen molar-refractivity contribution in [2.75, 3.05) is 19.8 Å². The van der Waals surface area contributed by atoms with E-state index >= 15 is 0 Å². The van der Waals surface area contributed by atoms with Crippen LogP contribution in [0.25, 0.3) is 0 Å². The van der Waals surface area contributed by atoms with Gasteiger partial charge in [0, 0.05) is 22.7 Å². The molecule has 0 heterocycles. The number of hydrogen-bond donors (Lipinski definition) is 2. The third-order valence-corrected chi connectivity index (χ3v) is 20.4. The summed E-state index contributed by atoms with van der Waals surface area (Å²) in [6.45, 7) is 27.9. The minimum atomic E-state index is -1.95. The lowest BCUT2D eigenvalue weighted by Crippen LogP contribution is -2.50. The number of amides is 1. The van der Waals surface area contributed by atoms with Crippen molar-refractivity contribution in [1.29, 1.82) is 0 Å². The fourth-order valence-corrected chi connectivity index (χ4v) is 7.71. The summed E-state index contributed by atoms with van der Waals surface area (Å²) in [5.41, 5.74) is 1.16. The monoisotopic (exact) mass is 601 g/mol. The van der Waals surface area contributed by atoms with Crippen LogP contribution in [-0.2, 0) is 20.1 Å². The minimum absolute atomic E-state index is 0.0482. The third-order valence-electron chi connectivity index (χ3n) is 7.93. The molecule has 0 aliphatic rings. The SMILES string of the molecule is CC(C)(CCC(=O)NC(CO[Si](C)(C)C(C)(C)C)CO[Si](C)(C)C(C)(C)C)SSc1ccccc1CCO. The van der Waals surface area contributed by atoms with E-state index in [2.05, 4.69) is 99.0 Å². The second-order valence-corrected chi connectivity index (χ2v) is 26.4. The lowest BCUT2D eigenvalue weighted by Gasteiger charge is -2.39. The van der Waals surface area contributed by atoms with E-state index in [1.807, 2.05) is 12.1 Å². The summed E-state index contributed by atoms with van der Waals surface area (Å²) >= 11 is 0. The Morgan fingerprint density at radius 2 is 1.42 bits per heavy atom. The molecule has 0 saturated carbocycles. The second-order valence-electron chi connectivity index (χ2n) is 13.9. The number of nitrogens with one attached hydrogen (secondary N) is 1. The van der Waals surface area contributed by atoms with Crippen LogP contribution in [0.5, 0.6) is 0 Å². The summed E-state index contributed by atoms with van der Waals surface area (Å²) < 4.78 is 12.9. The number of hydrogen-bond acceptors (Lipinski definition) is 6. The Kier molecular flexibility index (Phi) is 13.7. The van der Waals surface area contributed by atoms with Crippen LogP contribution in [-0.4, -0.2) is 58.3 Å². The van der Waals surface area contributed by atoms with Crippen LogP contribution >= 0.6 is 21.6 Å². The number of rotatable bonds is 15. The first-order valence-electron chi connectivity index (χ1n) is 13.8.